The van der Waals surface area contributed by atoms with Crippen LogP contribution in [0.4, 0.5) is 0 Å². The molecular weight excluding hydrogens is 214 g/mol. The number of hydrogen-bond acceptors (Lipinski definition) is 3. The van der Waals surface area contributed by atoms with Crippen LogP contribution in [0, 0.1) is 23.2 Å². The zero-order chi connectivity index (χ0) is 13.3. The lowest BCUT2D eigenvalue weighted by molar-refractivity contribution is -0.132. The molecule has 0 aromatic rings. The van der Waals surface area contributed by atoms with Crippen LogP contribution in [0.15, 0.2) is 0 Å². The normalized spacial score (nSPS) is 12.2. The fraction of sp³-hybridized carbons (Fsp3) is 0.846. The molecule has 0 unspecified atom stereocenters. The molecule has 0 aliphatic heterocycles. The van der Waals surface area contributed by atoms with Crippen molar-refractivity contribution in [2.24, 2.45) is 17.6 Å². The Balaban J connectivity index is 4.22. The molecule has 0 fully saturated rings. The van der Waals surface area contributed by atoms with E-state index in [-0.39, 0.29) is 11.8 Å². The molecule has 4 nitrogen and oxygen atoms in total. The van der Waals surface area contributed by atoms with E-state index in [9.17, 15) is 4.79 Å². The largest absolute Gasteiger partial charge is 0.342 e. The Bertz CT molecular complexity index is 258. The van der Waals surface area contributed by atoms with Crippen molar-refractivity contribution in [3.63, 3.8) is 0 Å². The van der Waals surface area contributed by atoms with Crippen molar-refractivity contribution in [2.75, 3.05) is 19.6 Å². The Morgan fingerprint density at radius 2 is 2.12 bits per heavy atom. The minimum atomic E-state index is 0.124. The van der Waals surface area contributed by atoms with E-state index in [1.165, 1.54) is 0 Å². The van der Waals surface area contributed by atoms with Gasteiger partial charge in [-0.3, -0.25) is 4.79 Å². The second kappa shape index (κ2) is 9.00. The third-order valence-electron chi connectivity index (χ3n) is 2.83. The van der Waals surface area contributed by atoms with Gasteiger partial charge in [0.05, 0.1) is 12.5 Å². The zero-order valence-electron chi connectivity index (χ0n) is 11.3. The predicted octanol–water partition coefficient (Wildman–Crippen LogP) is 1.76. The number of carbonyl (C=O) groups is 1. The van der Waals surface area contributed by atoms with Crippen molar-refractivity contribution >= 4 is 5.91 Å². The Morgan fingerprint density at radius 1 is 1.47 bits per heavy atom. The smallest absolute Gasteiger partial charge is 0.222 e. The third-order valence-corrected chi connectivity index (χ3v) is 2.83. The summed E-state index contributed by atoms with van der Waals surface area (Å²) in [5.41, 5.74) is 5.69. The number of rotatable bonds is 8. The van der Waals surface area contributed by atoms with Crippen LogP contribution in [0.1, 0.15) is 40.0 Å². The maximum Gasteiger partial charge on any atom is 0.222 e. The molecule has 0 rings (SSSR count). The number of nitrogens with two attached hydrogens (primary N) is 1. The van der Waals surface area contributed by atoms with Crippen molar-refractivity contribution in [2.45, 2.75) is 40.0 Å². The summed E-state index contributed by atoms with van der Waals surface area (Å²) in [6, 6.07) is 2.07. The Hall–Kier alpha value is -1.08. The van der Waals surface area contributed by atoms with E-state index in [1.807, 2.05) is 6.92 Å². The maximum atomic E-state index is 12.0. The molecule has 0 aromatic heterocycles. The standard InChI is InChI=1S/C13H25N3O/c1-4-16(7-5-6-14)13(17)9-12(10-15)8-11(2)3/h11-12H,4-5,7-10,15H2,1-3H3/t12-/m0/s1. The molecule has 0 bridgehead atoms. The fourth-order valence-corrected chi connectivity index (χ4v) is 1.95. The van der Waals surface area contributed by atoms with Crippen molar-refractivity contribution in [1.29, 1.82) is 5.26 Å². The van der Waals surface area contributed by atoms with Crippen LogP contribution in [-0.2, 0) is 4.79 Å². The molecule has 2 N–H and O–H groups in total. The van der Waals surface area contributed by atoms with Crippen LogP contribution in [0.5, 0.6) is 0 Å². The Kier molecular flexibility index (Phi) is 8.43. The van der Waals surface area contributed by atoms with E-state index >= 15 is 0 Å². The van der Waals surface area contributed by atoms with E-state index in [0.717, 1.165) is 6.42 Å². The zero-order valence-corrected chi connectivity index (χ0v) is 11.3. The molecule has 1 atom stereocenters. The van der Waals surface area contributed by atoms with Gasteiger partial charge in [0.2, 0.25) is 5.91 Å². The van der Waals surface area contributed by atoms with Gasteiger partial charge in [-0.2, -0.15) is 5.26 Å². The van der Waals surface area contributed by atoms with Gasteiger partial charge < -0.3 is 10.6 Å². The lowest BCUT2D eigenvalue weighted by Crippen LogP contribution is -2.34. The van der Waals surface area contributed by atoms with E-state index in [4.69, 9.17) is 11.0 Å². The summed E-state index contributed by atoms with van der Waals surface area (Å²) >= 11 is 0. The van der Waals surface area contributed by atoms with Gasteiger partial charge in [-0.25, -0.2) is 0 Å². The average molecular weight is 239 g/mol. The summed E-state index contributed by atoms with van der Waals surface area (Å²) in [6.45, 7) is 7.97. The van der Waals surface area contributed by atoms with Gasteiger partial charge >= 0.3 is 0 Å². The molecule has 0 aliphatic carbocycles. The first-order chi connectivity index (χ1) is 8.04. The molecule has 0 aromatic carbocycles. The molecule has 17 heavy (non-hydrogen) atoms. The van der Waals surface area contributed by atoms with Crippen molar-refractivity contribution in [3.05, 3.63) is 0 Å². The van der Waals surface area contributed by atoms with E-state index < -0.39 is 0 Å². The molecule has 0 saturated carbocycles. The van der Waals surface area contributed by atoms with Crippen molar-refractivity contribution < 1.29 is 4.79 Å². The summed E-state index contributed by atoms with van der Waals surface area (Å²) in [5, 5.41) is 8.53. The van der Waals surface area contributed by atoms with E-state index in [1.54, 1.807) is 4.90 Å². The van der Waals surface area contributed by atoms with Crippen molar-refractivity contribution in [1.82, 2.24) is 4.90 Å². The molecule has 0 heterocycles. The lowest BCUT2D eigenvalue weighted by atomic mass is 9.94. The van der Waals surface area contributed by atoms with Crippen LogP contribution in [0.25, 0.3) is 0 Å². The van der Waals surface area contributed by atoms with Gasteiger partial charge in [-0.05, 0) is 31.7 Å². The average Bonchev–Trinajstić information content (AvgIpc) is 2.28. The predicted molar refractivity (Wildman–Crippen MR) is 69.1 cm³/mol. The monoisotopic (exact) mass is 239 g/mol. The van der Waals surface area contributed by atoms with Gasteiger partial charge in [0.15, 0.2) is 0 Å². The number of nitrogens with zero attached hydrogens (tertiary/aromatic N) is 2. The summed E-state index contributed by atoms with van der Waals surface area (Å²) in [5.74, 6) is 0.947. The minimum absolute atomic E-state index is 0.124. The molecule has 98 valence electrons. The summed E-state index contributed by atoms with van der Waals surface area (Å²) in [7, 11) is 0. The van der Waals surface area contributed by atoms with Crippen LogP contribution in [-0.4, -0.2) is 30.4 Å². The van der Waals surface area contributed by atoms with E-state index in [0.29, 0.717) is 38.4 Å². The highest BCUT2D eigenvalue weighted by Gasteiger charge is 2.17. The second-order valence-electron chi connectivity index (χ2n) is 4.82. The third kappa shape index (κ3) is 6.96. The first kappa shape index (κ1) is 15.9. The number of hydrogen-bond donors (Lipinski definition) is 1. The van der Waals surface area contributed by atoms with Gasteiger partial charge in [0, 0.05) is 19.5 Å². The summed E-state index contributed by atoms with van der Waals surface area (Å²) < 4.78 is 0. The molecular formula is C13H25N3O. The van der Waals surface area contributed by atoms with Gasteiger partial charge in [-0.15, -0.1) is 0 Å². The minimum Gasteiger partial charge on any atom is -0.342 e. The fourth-order valence-electron chi connectivity index (χ4n) is 1.95. The topological polar surface area (TPSA) is 70.1 Å². The van der Waals surface area contributed by atoms with E-state index in [2.05, 4.69) is 19.9 Å². The Labute approximate surface area is 105 Å². The molecule has 0 aliphatic rings. The summed E-state index contributed by atoms with van der Waals surface area (Å²) in [4.78, 5) is 13.7. The first-order valence-corrected chi connectivity index (χ1v) is 6.39. The van der Waals surface area contributed by atoms with Gasteiger partial charge in [0.25, 0.3) is 0 Å². The Morgan fingerprint density at radius 3 is 2.53 bits per heavy atom. The van der Waals surface area contributed by atoms with Gasteiger partial charge in [-0.1, -0.05) is 13.8 Å². The second-order valence-corrected chi connectivity index (χ2v) is 4.82. The number of nitriles is 1. The van der Waals surface area contributed by atoms with Gasteiger partial charge in [0.1, 0.15) is 0 Å². The van der Waals surface area contributed by atoms with Crippen molar-refractivity contribution in [3.8, 4) is 6.07 Å². The van der Waals surface area contributed by atoms with Crippen LogP contribution >= 0.6 is 0 Å². The highest BCUT2D eigenvalue weighted by atomic mass is 16.2. The first-order valence-electron chi connectivity index (χ1n) is 6.39. The quantitative estimate of drug-likeness (QED) is 0.701. The molecule has 0 saturated heterocycles. The SMILES string of the molecule is CCN(CCC#N)C(=O)C[C@@H](CN)CC(C)C. The lowest BCUT2D eigenvalue weighted by Gasteiger charge is -2.23. The number of carbonyl (C=O) groups excluding carboxylic acids is 1. The van der Waals surface area contributed by atoms with Crippen LogP contribution < -0.4 is 5.73 Å². The highest BCUT2D eigenvalue weighted by molar-refractivity contribution is 5.76. The molecule has 4 heteroatoms. The molecule has 0 radical (unpaired) electrons. The summed E-state index contributed by atoms with van der Waals surface area (Å²) in [6.07, 6.45) is 1.89. The van der Waals surface area contributed by atoms with Crippen LogP contribution in [0.2, 0.25) is 0 Å². The molecule has 1 amide bonds. The maximum absolute atomic E-state index is 12.0. The highest BCUT2D eigenvalue weighted by Crippen LogP contribution is 2.15. The molecule has 0 spiro atoms. The van der Waals surface area contributed by atoms with Crippen LogP contribution in [0.3, 0.4) is 0 Å². The number of amides is 1.